The Morgan fingerprint density at radius 1 is 1.30 bits per heavy atom. The van der Waals surface area contributed by atoms with Gasteiger partial charge in [-0.05, 0) is 40.9 Å². The number of hydrogen-bond acceptors (Lipinski definition) is 3. The largest absolute Gasteiger partial charge is 0.294 e. The zero-order chi connectivity index (χ0) is 14.7. The summed E-state index contributed by atoms with van der Waals surface area (Å²) in [5.74, 6) is 4.88. The lowest BCUT2D eigenvalue weighted by atomic mass is 10.1. The minimum absolute atomic E-state index is 0.194. The van der Waals surface area contributed by atoms with Crippen molar-refractivity contribution in [1.29, 1.82) is 0 Å². The average molecular weight is 337 g/mol. The second-order valence-electron chi connectivity index (χ2n) is 4.70. The summed E-state index contributed by atoms with van der Waals surface area (Å²) in [6, 6.07) is 7.88. The normalized spacial score (nSPS) is 10.6. The molecule has 1 aromatic carbocycles. The van der Waals surface area contributed by atoms with Crippen LogP contribution in [0.2, 0.25) is 0 Å². The highest BCUT2D eigenvalue weighted by Crippen LogP contribution is 2.20. The molecule has 2 aromatic rings. The number of halogens is 1. The second kappa shape index (κ2) is 6.19. The molecule has 0 spiro atoms. The van der Waals surface area contributed by atoms with Gasteiger partial charge >= 0.3 is 0 Å². The standard InChI is InChI=1S/C14H17BrN4O/c1-9-14(15)10(2)19(18-9)8-12-5-3-11(4-6-12)7-13(20)17-16/h3-6H,7-8,16H2,1-2H3,(H,17,20). The third-order valence-corrected chi connectivity index (χ3v) is 4.32. The van der Waals surface area contributed by atoms with E-state index >= 15 is 0 Å². The van der Waals surface area contributed by atoms with Gasteiger partial charge in [-0.15, -0.1) is 0 Å². The molecule has 0 saturated carbocycles. The molecule has 0 aliphatic carbocycles. The molecule has 1 aromatic heterocycles. The van der Waals surface area contributed by atoms with E-state index in [4.69, 9.17) is 5.84 Å². The van der Waals surface area contributed by atoms with Crippen LogP contribution in [0, 0.1) is 13.8 Å². The predicted molar refractivity (Wildman–Crippen MR) is 81.0 cm³/mol. The highest BCUT2D eigenvalue weighted by atomic mass is 79.9. The van der Waals surface area contributed by atoms with Crippen molar-refractivity contribution in [2.45, 2.75) is 26.8 Å². The molecule has 0 saturated heterocycles. The molecule has 5 nitrogen and oxygen atoms in total. The zero-order valence-corrected chi connectivity index (χ0v) is 13.1. The molecule has 0 aliphatic heterocycles. The van der Waals surface area contributed by atoms with Crippen LogP contribution in [-0.4, -0.2) is 15.7 Å². The molecule has 3 N–H and O–H groups in total. The fourth-order valence-corrected chi connectivity index (χ4v) is 2.28. The molecule has 1 heterocycles. The Bertz CT molecular complexity index is 619. The fourth-order valence-electron chi connectivity index (χ4n) is 2.00. The van der Waals surface area contributed by atoms with Gasteiger partial charge in [0, 0.05) is 0 Å². The number of carbonyl (C=O) groups excluding carboxylic acids is 1. The van der Waals surface area contributed by atoms with Gasteiger partial charge in [0.1, 0.15) is 0 Å². The van der Waals surface area contributed by atoms with Gasteiger partial charge in [-0.3, -0.25) is 14.9 Å². The van der Waals surface area contributed by atoms with Gasteiger partial charge in [0.05, 0.1) is 28.8 Å². The molecule has 20 heavy (non-hydrogen) atoms. The van der Waals surface area contributed by atoms with Crippen LogP contribution in [-0.2, 0) is 17.8 Å². The molecule has 6 heteroatoms. The molecule has 0 radical (unpaired) electrons. The quantitative estimate of drug-likeness (QED) is 0.508. The van der Waals surface area contributed by atoms with E-state index in [1.165, 1.54) is 0 Å². The van der Waals surface area contributed by atoms with E-state index < -0.39 is 0 Å². The number of nitrogens with one attached hydrogen (secondary N) is 1. The first-order valence-electron chi connectivity index (χ1n) is 6.28. The first-order valence-corrected chi connectivity index (χ1v) is 7.07. The number of nitrogens with two attached hydrogens (primary N) is 1. The van der Waals surface area contributed by atoms with Gasteiger partial charge < -0.3 is 0 Å². The lowest BCUT2D eigenvalue weighted by Crippen LogP contribution is -2.31. The van der Waals surface area contributed by atoms with Crippen molar-refractivity contribution in [3.63, 3.8) is 0 Å². The van der Waals surface area contributed by atoms with Crippen molar-refractivity contribution in [2.75, 3.05) is 0 Å². The van der Waals surface area contributed by atoms with Gasteiger partial charge in [-0.2, -0.15) is 5.10 Å². The van der Waals surface area contributed by atoms with Gasteiger partial charge in [0.2, 0.25) is 5.91 Å². The lowest BCUT2D eigenvalue weighted by molar-refractivity contribution is -0.120. The molecular formula is C14H17BrN4O. The molecule has 0 fully saturated rings. The Kier molecular flexibility index (Phi) is 4.57. The van der Waals surface area contributed by atoms with Crippen molar-refractivity contribution in [3.8, 4) is 0 Å². The van der Waals surface area contributed by atoms with Gasteiger partial charge in [-0.25, -0.2) is 5.84 Å². The average Bonchev–Trinajstić information content (AvgIpc) is 2.68. The van der Waals surface area contributed by atoms with E-state index in [1.807, 2.05) is 42.8 Å². The summed E-state index contributed by atoms with van der Waals surface area (Å²) >= 11 is 3.52. The van der Waals surface area contributed by atoms with Crippen LogP contribution in [0.25, 0.3) is 0 Å². The molecular weight excluding hydrogens is 320 g/mol. The van der Waals surface area contributed by atoms with Crippen LogP contribution >= 0.6 is 15.9 Å². The number of aryl methyl sites for hydroxylation is 1. The Morgan fingerprint density at radius 2 is 1.90 bits per heavy atom. The van der Waals surface area contributed by atoms with Crippen LogP contribution in [0.5, 0.6) is 0 Å². The summed E-state index contributed by atoms with van der Waals surface area (Å²) in [4.78, 5) is 11.2. The fraction of sp³-hybridized carbons (Fsp3) is 0.286. The van der Waals surface area contributed by atoms with Crippen molar-refractivity contribution >= 4 is 21.8 Å². The number of hydrogen-bond donors (Lipinski definition) is 2. The van der Waals surface area contributed by atoms with Crippen LogP contribution < -0.4 is 11.3 Å². The summed E-state index contributed by atoms with van der Waals surface area (Å²) in [6.07, 6.45) is 0.294. The van der Waals surface area contributed by atoms with E-state index in [2.05, 4.69) is 26.5 Å². The molecule has 106 valence electrons. The van der Waals surface area contributed by atoms with E-state index in [0.29, 0.717) is 13.0 Å². The van der Waals surface area contributed by atoms with E-state index in [-0.39, 0.29) is 5.91 Å². The molecule has 0 bridgehead atoms. The van der Waals surface area contributed by atoms with Crippen LogP contribution in [0.1, 0.15) is 22.5 Å². The summed E-state index contributed by atoms with van der Waals surface area (Å²) in [7, 11) is 0. The maximum atomic E-state index is 11.2. The number of nitrogens with zero attached hydrogens (tertiary/aromatic N) is 2. The second-order valence-corrected chi connectivity index (χ2v) is 5.50. The Hall–Kier alpha value is -1.66. The summed E-state index contributed by atoms with van der Waals surface area (Å²) in [5, 5.41) is 4.48. The van der Waals surface area contributed by atoms with Crippen molar-refractivity contribution in [3.05, 3.63) is 51.3 Å². The number of rotatable bonds is 4. The third-order valence-electron chi connectivity index (χ3n) is 3.17. The minimum atomic E-state index is -0.194. The first-order chi connectivity index (χ1) is 9.51. The van der Waals surface area contributed by atoms with Gasteiger partial charge in [0.15, 0.2) is 0 Å². The topological polar surface area (TPSA) is 72.9 Å². The highest BCUT2D eigenvalue weighted by Gasteiger charge is 2.09. The molecule has 0 unspecified atom stereocenters. The van der Waals surface area contributed by atoms with Crippen LogP contribution in [0.3, 0.4) is 0 Å². The Balaban J connectivity index is 2.10. The zero-order valence-electron chi connectivity index (χ0n) is 11.5. The maximum absolute atomic E-state index is 11.2. The molecule has 0 aliphatic rings. The third kappa shape index (κ3) is 3.26. The Morgan fingerprint density at radius 3 is 2.40 bits per heavy atom. The summed E-state index contributed by atoms with van der Waals surface area (Å²) in [5.41, 5.74) is 6.29. The molecule has 2 rings (SSSR count). The van der Waals surface area contributed by atoms with E-state index in [1.54, 1.807) is 0 Å². The number of hydrazine groups is 1. The number of benzene rings is 1. The van der Waals surface area contributed by atoms with Crippen molar-refractivity contribution in [1.82, 2.24) is 15.2 Å². The van der Waals surface area contributed by atoms with Crippen molar-refractivity contribution < 1.29 is 4.79 Å². The first kappa shape index (κ1) is 14.7. The maximum Gasteiger partial charge on any atom is 0.238 e. The van der Waals surface area contributed by atoms with E-state index in [9.17, 15) is 4.79 Å². The Labute approximate surface area is 126 Å². The predicted octanol–water partition coefficient (Wildman–Crippen LogP) is 1.84. The number of amides is 1. The van der Waals surface area contributed by atoms with Gasteiger partial charge in [-0.1, -0.05) is 24.3 Å². The molecule has 1 amide bonds. The smallest absolute Gasteiger partial charge is 0.238 e. The number of carbonyl (C=O) groups is 1. The number of aromatic nitrogens is 2. The van der Waals surface area contributed by atoms with Gasteiger partial charge in [0.25, 0.3) is 0 Å². The summed E-state index contributed by atoms with van der Waals surface area (Å²) in [6.45, 7) is 4.72. The lowest BCUT2D eigenvalue weighted by Gasteiger charge is -2.06. The van der Waals surface area contributed by atoms with E-state index in [0.717, 1.165) is 27.0 Å². The van der Waals surface area contributed by atoms with Crippen LogP contribution in [0.15, 0.2) is 28.7 Å². The monoisotopic (exact) mass is 336 g/mol. The van der Waals surface area contributed by atoms with Crippen molar-refractivity contribution in [2.24, 2.45) is 5.84 Å². The SMILES string of the molecule is Cc1nn(Cc2ccc(CC(=O)NN)cc2)c(C)c1Br. The molecule has 0 atom stereocenters. The minimum Gasteiger partial charge on any atom is -0.294 e. The highest BCUT2D eigenvalue weighted by molar-refractivity contribution is 9.10. The summed E-state index contributed by atoms with van der Waals surface area (Å²) < 4.78 is 3.01. The van der Waals surface area contributed by atoms with Crippen LogP contribution in [0.4, 0.5) is 0 Å².